The summed E-state index contributed by atoms with van der Waals surface area (Å²) in [4.78, 5) is 14.6. The zero-order chi connectivity index (χ0) is 15.8. The van der Waals surface area contributed by atoms with Crippen LogP contribution in [0, 0.1) is 0 Å². The number of carbonyl (C=O) groups is 1. The molecule has 22 heavy (non-hydrogen) atoms. The first-order chi connectivity index (χ1) is 10.7. The van der Waals surface area contributed by atoms with Gasteiger partial charge in [-0.1, -0.05) is 13.8 Å². The third-order valence-electron chi connectivity index (χ3n) is 4.37. The minimum absolute atomic E-state index is 0.191. The van der Waals surface area contributed by atoms with Crippen LogP contribution in [-0.2, 0) is 6.42 Å². The summed E-state index contributed by atoms with van der Waals surface area (Å²) in [7, 11) is 0. The van der Waals surface area contributed by atoms with E-state index < -0.39 is 0 Å². The van der Waals surface area contributed by atoms with E-state index in [9.17, 15) is 4.79 Å². The molecule has 0 unspecified atom stereocenters. The Kier molecular flexibility index (Phi) is 6.87. The van der Waals surface area contributed by atoms with Crippen molar-refractivity contribution in [3.63, 3.8) is 0 Å². The summed E-state index contributed by atoms with van der Waals surface area (Å²) in [6, 6.07) is 6.04. The standard InChI is InChI=1S/C18H29N3O/c1-3-21(4-2)12-6-10-19-14-18(22)16-8-9-17-15(13-16)7-5-11-20-17/h8-9,13,19-20H,3-7,10-12,14H2,1-2H3. The lowest BCUT2D eigenvalue weighted by molar-refractivity contribution is 0.0991. The maximum Gasteiger partial charge on any atom is 0.176 e. The molecule has 0 amide bonds. The van der Waals surface area contributed by atoms with E-state index in [-0.39, 0.29) is 5.78 Å². The van der Waals surface area contributed by atoms with Gasteiger partial charge < -0.3 is 15.5 Å². The maximum absolute atomic E-state index is 12.2. The Balaban J connectivity index is 1.73. The summed E-state index contributed by atoms with van der Waals surface area (Å²) >= 11 is 0. The van der Waals surface area contributed by atoms with Gasteiger partial charge in [-0.2, -0.15) is 0 Å². The van der Waals surface area contributed by atoms with Crippen molar-refractivity contribution in [2.24, 2.45) is 0 Å². The zero-order valence-electron chi connectivity index (χ0n) is 14.0. The molecule has 1 aliphatic heterocycles. The van der Waals surface area contributed by atoms with Gasteiger partial charge in [-0.15, -0.1) is 0 Å². The van der Waals surface area contributed by atoms with Crippen molar-refractivity contribution < 1.29 is 4.79 Å². The molecule has 0 fully saturated rings. The number of benzene rings is 1. The molecule has 122 valence electrons. The zero-order valence-corrected chi connectivity index (χ0v) is 14.0. The first-order valence-electron chi connectivity index (χ1n) is 8.57. The van der Waals surface area contributed by atoms with Gasteiger partial charge in [-0.25, -0.2) is 0 Å². The van der Waals surface area contributed by atoms with Crippen molar-refractivity contribution in [3.05, 3.63) is 29.3 Å². The molecular weight excluding hydrogens is 274 g/mol. The molecule has 1 aromatic carbocycles. The van der Waals surface area contributed by atoms with E-state index in [0.717, 1.165) is 57.5 Å². The van der Waals surface area contributed by atoms with E-state index in [1.165, 1.54) is 11.3 Å². The van der Waals surface area contributed by atoms with Crippen LogP contribution in [0.25, 0.3) is 0 Å². The monoisotopic (exact) mass is 303 g/mol. The molecule has 0 saturated heterocycles. The maximum atomic E-state index is 12.2. The number of aryl methyl sites for hydroxylation is 1. The van der Waals surface area contributed by atoms with Gasteiger partial charge in [0, 0.05) is 17.8 Å². The molecule has 2 rings (SSSR count). The van der Waals surface area contributed by atoms with Gasteiger partial charge in [0.05, 0.1) is 6.54 Å². The number of fused-ring (bicyclic) bond motifs is 1. The summed E-state index contributed by atoms with van der Waals surface area (Å²) in [5.41, 5.74) is 3.30. The van der Waals surface area contributed by atoms with E-state index in [2.05, 4.69) is 35.4 Å². The normalized spacial score (nSPS) is 13.8. The molecule has 0 aliphatic carbocycles. The Labute approximate surface area is 134 Å². The van der Waals surface area contributed by atoms with Crippen molar-refractivity contribution in [2.45, 2.75) is 33.1 Å². The van der Waals surface area contributed by atoms with Crippen LogP contribution in [0.2, 0.25) is 0 Å². The van der Waals surface area contributed by atoms with Gasteiger partial charge in [-0.3, -0.25) is 4.79 Å². The molecule has 4 nitrogen and oxygen atoms in total. The second-order valence-corrected chi connectivity index (χ2v) is 5.88. The largest absolute Gasteiger partial charge is 0.385 e. The van der Waals surface area contributed by atoms with Gasteiger partial charge >= 0.3 is 0 Å². The highest BCUT2D eigenvalue weighted by molar-refractivity contribution is 5.98. The fraction of sp³-hybridized carbons (Fsp3) is 0.611. The predicted molar refractivity (Wildman–Crippen MR) is 92.9 cm³/mol. The minimum atomic E-state index is 0.191. The predicted octanol–water partition coefficient (Wildman–Crippen LogP) is 2.55. The fourth-order valence-electron chi connectivity index (χ4n) is 2.92. The molecule has 1 aliphatic rings. The van der Waals surface area contributed by atoms with Crippen LogP contribution in [0.15, 0.2) is 18.2 Å². The van der Waals surface area contributed by atoms with Crippen molar-refractivity contribution in [1.29, 1.82) is 0 Å². The van der Waals surface area contributed by atoms with Gasteiger partial charge in [0.25, 0.3) is 0 Å². The first-order valence-corrected chi connectivity index (χ1v) is 8.57. The third-order valence-corrected chi connectivity index (χ3v) is 4.37. The number of ketones is 1. The van der Waals surface area contributed by atoms with Crippen LogP contribution >= 0.6 is 0 Å². The van der Waals surface area contributed by atoms with Crippen LogP contribution in [0.5, 0.6) is 0 Å². The van der Waals surface area contributed by atoms with E-state index >= 15 is 0 Å². The molecule has 0 bridgehead atoms. The average Bonchev–Trinajstić information content (AvgIpc) is 2.57. The Morgan fingerprint density at radius 3 is 2.91 bits per heavy atom. The Morgan fingerprint density at radius 1 is 1.32 bits per heavy atom. The van der Waals surface area contributed by atoms with Crippen LogP contribution in [0.3, 0.4) is 0 Å². The number of Topliss-reactive ketones (excluding diaryl/α,β-unsaturated/α-hetero) is 1. The fourth-order valence-corrected chi connectivity index (χ4v) is 2.92. The lowest BCUT2D eigenvalue weighted by atomic mass is 9.99. The molecule has 4 heteroatoms. The number of rotatable bonds is 9. The number of anilines is 1. The Bertz CT molecular complexity index is 483. The topological polar surface area (TPSA) is 44.4 Å². The second kappa shape index (κ2) is 8.91. The van der Waals surface area contributed by atoms with Crippen molar-refractivity contribution in [1.82, 2.24) is 10.2 Å². The molecule has 0 aromatic heterocycles. The summed E-state index contributed by atoms with van der Waals surface area (Å²) in [6.07, 6.45) is 3.30. The number of nitrogens with one attached hydrogen (secondary N) is 2. The molecule has 0 spiro atoms. The first kappa shape index (κ1) is 17.0. The minimum Gasteiger partial charge on any atom is -0.385 e. The van der Waals surface area contributed by atoms with Crippen LogP contribution in [0.1, 0.15) is 42.6 Å². The van der Waals surface area contributed by atoms with Gasteiger partial charge in [0.15, 0.2) is 5.78 Å². The van der Waals surface area contributed by atoms with E-state index in [0.29, 0.717) is 6.54 Å². The highest BCUT2D eigenvalue weighted by Crippen LogP contribution is 2.22. The van der Waals surface area contributed by atoms with Crippen LogP contribution in [0.4, 0.5) is 5.69 Å². The molecule has 0 atom stereocenters. The summed E-state index contributed by atoms with van der Waals surface area (Å²) < 4.78 is 0. The highest BCUT2D eigenvalue weighted by atomic mass is 16.1. The number of carbonyl (C=O) groups excluding carboxylic acids is 1. The van der Waals surface area contributed by atoms with E-state index in [1.54, 1.807) is 0 Å². The Hall–Kier alpha value is -1.39. The number of hydrogen-bond donors (Lipinski definition) is 2. The van der Waals surface area contributed by atoms with Gasteiger partial charge in [-0.05, 0) is 69.2 Å². The summed E-state index contributed by atoms with van der Waals surface area (Å²) in [6.45, 7) is 10.0. The highest BCUT2D eigenvalue weighted by Gasteiger charge is 2.12. The van der Waals surface area contributed by atoms with Crippen molar-refractivity contribution in [2.75, 3.05) is 44.6 Å². The lowest BCUT2D eigenvalue weighted by Crippen LogP contribution is -2.29. The van der Waals surface area contributed by atoms with Crippen LogP contribution in [-0.4, -0.2) is 50.0 Å². The second-order valence-electron chi connectivity index (χ2n) is 5.88. The third kappa shape index (κ3) is 4.82. The summed E-state index contributed by atoms with van der Waals surface area (Å²) in [5.74, 6) is 0.191. The lowest BCUT2D eigenvalue weighted by Gasteiger charge is -2.18. The van der Waals surface area contributed by atoms with Gasteiger partial charge in [0.2, 0.25) is 0 Å². The van der Waals surface area contributed by atoms with E-state index in [4.69, 9.17) is 0 Å². The number of hydrogen-bond acceptors (Lipinski definition) is 4. The molecular formula is C18H29N3O. The smallest absolute Gasteiger partial charge is 0.176 e. The van der Waals surface area contributed by atoms with Crippen molar-refractivity contribution in [3.8, 4) is 0 Å². The Morgan fingerprint density at radius 2 is 2.14 bits per heavy atom. The van der Waals surface area contributed by atoms with Crippen LogP contribution < -0.4 is 10.6 Å². The molecule has 0 radical (unpaired) electrons. The molecule has 1 heterocycles. The SMILES string of the molecule is CCN(CC)CCCNCC(=O)c1ccc2c(c1)CCCN2. The van der Waals surface area contributed by atoms with Crippen molar-refractivity contribution >= 4 is 11.5 Å². The quantitative estimate of drug-likeness (QED) is 0.543. The van der Waals surface area contributed by atoms with E-state index in [1.807, 2.05) is 12.1 Å². The van der Waals surface area contributed by atoms with Gasteiger partial charge in [0.1, 0.15) is 0 Å². The molecule has 1 aromatic rings. The molecule has 0 saturated carbocycles. The summed E-state index contributed by atoms with van der Waals surface area (Å²) in [5, 5.41) is 6.65. The molecule has 2 N–H and O–H groups in total. The number of nitrogens with zero attached hydrogens (tertiary/aromatic N) is 1. The average molecular weight is 303 g/mol.